The molecule has 1 rings (SSSR count). The molecule has 0 aliphatic rings. The second kappa shape index (κ2) is 6.74. The number of carbonyl (C=O) groups excluding carboxylic acids is 2. The van der Waals surface area contributed by atoms with E-state index in [1.807, 2.05) is 13.8 Å². The number of esters is 1. The number of aryl methyl sites for hydroxylation is 1. The molecule has 0 radical (unpaired) electrons. The Morgan fingerprint density at radius 3 is 2.72 bits per heavy atom. The van der Waals surface area contributed by atoms with Crippen LogP contribution >= 0.6 is 0 Å². The van der Waals surface area contributed by atoms with E-state index in [4.69, 9.17) is 4.74 Å². The summed E-state index contributed by atoms with van der Waals surface area (Å²) in [6, 6.07) is 3.35. The molecule has 0 aliphatic carbocycles. The topological polar surface area (TPSA) is 68.3 Å². The van der Waals surface area contributed by atoms with Gasteiger partial charge in [0.1, 0.15) is 0 Å². The average molecular weight is 250 g/mol. The maximum atomic E-state index is 11.7. The molecule has 5 nitrogen and oxygen atoms in total. The summed E-state index contributed by atoms with van der Waals surface area (Å²) in [5.41, 5.74) is 1.16. The monoisotopic (exact) mass is 250 g/mol. The van der Waals surface area contributed by atoms with Gasteiger partial charge in [-0.05, 0) is 32.4 Å². The minimum atomic E-state index is -0.801. The van der Waals surface area contributed by atoms with Crippen molar-refractivity contribution in [2.75, 3.05) is 6.54 Å². The van der Waals surface area contributed by atoms with Gasteiger partial charge < -0.3 is 10.1 Å². The number of hydrogen-bond acceptors (Lipinski definition) is 4. The third-order valence-electron chi connectivity index (χ3n) is 2.35. The molecule has 0 saturated heterocycles. The molecule has 0 bridgehead atoms. The lowest BCUT2D eigenvalue weighted by molar-refractivity contribution is -0.129. The molecule has 0 aliphatic heterocycles. The highest BCUT2D eigenvalue weighted by Gasteiger charge is 2.18. The van der Waals surface area contributed by atoms with Crippen molar-refractivity contribution in [3.8, 4) is 0 Å². The number of carbonyl (C=O) groups is 2. The van der Waals surface area contributed by atoms with E-state index in [2.05, 4.69) is 10.3 Å². The van der Waals surface area contributed by atoms with E-state index < -0.39 is 12.1 Å². The zero-order valence-corrected chi connectivity index (χ0v) is 10.9. The second-order valence-electron chi connectivity index (χ2n) is 4.03. The summed E-state index contributed by atoms with van der Waals surface area (Å²) in [5.74, 6) is -0.827. The summed E-state index contributed by atoms with van der Waals surface area (Å²) < 4.78 is 5.04. The van der Waals surface area contributed by atoms with Crippen LogP contribution in [0.4, 0.5) is 0 Å². The van der Waals surface area contributed by atoms with Gasteiger partial charge >= 0.3 is 5.97 Å². The van der Waals surface area contributed by atoms with E-state index in [1.54, 1.807) is 19.1 Å². The number of rotatable bonds is 5. The SMILES string of the molecule is CCCNC(=O)C(C)OC(=O)c1ccc(C)nc1. The first-order chi connectivity index (χ1) is 8.54. The fraction of sp³-hybridized carbons (Fsp3) is 0.462. The Morgan fingerprint density at radius 2 is 2.17 bits per heavy atom. The molecule has 98 valence electrons. The summed E-state index contributed by atoms with van der Waals surface area (Å²) in [6.07, 6.45) is 1.48. The molecule has 1 aromatic heterocycles. The van der Waals surface area contributed by atoms with E-state index >= 15 is 0 Å². The lowest BCUT2D eigenvalue weighted by Crippen LogP contribution is -2.36. The highest BCUT2D eigenvalue weighted by molar-refractivity contribution is 5.91. The molecule has 0 saturated carbocycles. The van der Waals surface area contributed by atoms with Crippen LogP contribution in [0, 0.1) is 6.92 Å². The maximum Gasteiger partial charge on any atom is 0.340 e. The Morgan fingerprint density at radius 1 is 1.44 bits per heavy atom. The zero-order chi connectivity index (χ0) is 13.5. The number of nitrogens with zero attached hydrogens (tertiary/aromatic N) is 1. The number of pyridine rings is 1. The van der Waals surface area contributed by atoms with Gasteiger partial charge in [0, 0.05) is 18.4 Å². The molecule has 1 aromatic rings. The van der Waals surface area contributed by atoms with Crippen LogP contribution in [-0.2, 0) is 9.53 Å². The van der Waals surface area contributed by atoms with Crippen LogP contribution in [0.25, 0.3) is 0 Å². The molecule has 0 aromatic carbocycles. The van der Waals surface area contributed by atoms with Crippen molar-refractivity contribution >= 4 is 11.9 Å². The van der Waals surface area contributed by atoms with Crippen molar-refractivity contribution in [2.24, 2.45) is 0 Å². The predicted molar refractivity (Wildman–Crippen MR) is 67.2 cm³/mol. The second-order valence-corrected chi connectivity index (χ2v) is 4.03. The molecule has 0 fully saturated rings. The molecule has 1 N–H and O–H groups in total. The molecule has 1 unspecified atom stereocenters. The third-order valence-corrected chi connectivity index (χ3v) is 2.35. The molecule has 1 heterocycles. The number of ether oxygens (including phenoxy) is 1. The Labute approximate surface area is 107 Å². The quantitative estimate of drug-likeness (QED) is 0.803. The predicted octanol–water partition coefficient (Wildman–Crippen LogP) is 1.46. The summed E-state index contributed by atoms with van der Waals surface area (Å²) in [7, 11) is 0. The molecular formula is C13H18N2O3. The van der Waals surface area contributed by atoms with Crippen LogP contribution in [0.2, 0.25) is 0 Å². The summed E-state index contributed by atoms with van der Waals surface area (Å²) in [4.78, 5) is 27.2. The molecule has 0 spiro atoms. The highest BCUT2D eigenvalue weighted by Crippen LogP contribution is 2.04. The van der Waals surface area contributed by atoms with Gasteiger partial charge in [-0.1, -0.05) is 6.92 Å². The summed E-state index contributed by atoms with van der Waals surface area (Å²) >= 11 is 0. The molecule has 18 heavy (non-hydrogen) atoms. The lowest BCUT2D eigenvalue weighted by Gasteiger charge is -2.12. The first-order valence-electron chi connectivity index (χ1n) is 5.96. The average Bonchev–Trinajstić information content (AvgIpc) is 2.36. The Kier molecular flexibility index (Phi) is 5.30. The van der Waals surface area contributed by atoms with E-state index in [9.17, 15) is 9.59 Å². The van der Waals surface area contributed by atoms with Crippen molar-refractivity contribution in [3.05, 3.63) is 29.6 Å². The first-order valence-corrected chi connectivity index (χ1v) is 5.96. The van der Waals surface area contributed by atoms with Crippen molar-refractivity contribution in [1.29, 1.82) is 0 Å². The standard InChI is InChI=1S/C13H18N2O3/c1-4-7-14-12(16)10(3)18-13(17)11-6-5-9(2)15-8-11/h5-6,8,10H,4,7H2,1-3H3,(H,14,16). The zero-order valence-electron chi connectivity index (χ0n) is 10.9. The Hall–Kier alpha value is -1.91. The van der Waals surface area contributed by atoms with Crippen LogP contribution in [-0.4, -0.2) is 29.5 Å². The van der Waals surface area contributed by atoms with E-state index in [0.717, 1.165) is 12.1 Å². The van der Waals surface area contributed by atoms with Gasteiger partial charge in [-0.3, -0.25) is 9.78 Å². The summed E-state index contributed by atoms with van der Waals surface area (Å²) in [6.45, 7) is 5.90. The van der Waals surface area contributed by atoms with Gasteiger partial charge in [-0.15, -0.1) is 0 Å². The number of amides is 1. The third kappa shape index (κ3) is 4.16. The Balaban J connectivity index is 2.53. The minimum Gasteiger partial charge on any atom is -0.449 e. The van der Waals surface area contributed by atoms with Crippen molar-refractivity contribution in [2.45, 2.75) is 33.3 Å². The van der Waals surface area contributed by atoms with Crippen LogP contribution < -0.4 is 5.32 Å². The van der Waals surface area contributed by atoms with Gasteiger partial charge in [-0.2, -0.15) is 0 Å². The normalized spacial score (nSPS) is 11.7. The van der Waals surface area contributed by atoms with Gasteiger partial charge in [0.05, 0.1) is 5.56 Å². The largest absolute Gasteiger partial charge is 0.449 e. The van der Waals surface area contributed by atoms with Crippen LogP contribution in [0.5, 0.6) is 0 Å². The van der Waals surface area contributed by atoms with E-state index in [-0.39, 0.29) is 5.91 Å². The van der Waals surface area contributed by atoms with Crippen LogP contribution in [0.3, 0.4) is 0 Å². The van der Waals surface area contributed by atoms with Gasteiger partial charge in [-0.25, -0.2) is 4.79 Å². The highest BCUT2D eigenvalue weighted by atomic mass is 16.5. The maximum absolute atomic E-state index is 11.7. The van der Waals surface area contributed by atoms with Gasteiger partial charge in [0.2, 0.25) is 0 Å². The smallest absolute Gasteiger partial charge is 0.340 e. The molecule has 1 amide bonds. The first kappa shape index (κ1) is 14.2. The molecular weight excluding hydrogens is 232 g/mol. The fourth-order valence-electron chi connectivity index (χ4n) is 1.26. The Bertz CT molecular complexity index is 415. The van der Waals surface area contributed by atoms with Crippen molar-refractivity contribution < 1.29 is 14.3 Å². The van der Waals surface area contributed by atoms with Crippen molar-refractivity contribution in [3.63, 3.8) is 0 Å². The van der Waals surface area contributed by atoms with Gasteiger partial charge in [0.15, 0.2) is 6.10 Å². The lowest BCUT2D eigenvalue weighted by atomic mass is 10.2. The van der Waals surface area contributed by atoms with Crippen LogP contribution in [0.1, 0.15) is 36.3 Å². The molecule has 5 heteroatoms. The number of aromatic nitrogens is 1. The van der Waals surface area contributed by atoms with E-state index in [0.29, 0.717) is 12.1 Å². The van der Waals surface area contributed by atoms with E-state index in [1.165, 1.54) is 6.20 Å². The van der Waals surface area contributed by atoms with Crippen molar-refractivity contribution in [1.82, 2.24) is 10.3 Å². The fourth-order valence-corrected chi connectivity index (χ4v) is 1.26. The number of nitrogens with one attached hydrogen (secondary N) is 1. The minimum absolute atomic E-state index is 0.287. The van der Waals surface area contributed by atoms with Gasteiger partial charge in [0.25, 0.3) is 5.91 Å². The summed E-state index contributed by atoms with van der Waals surface area (Å²) in [5, 5.41) is 2.67. The van der Waals surface area contributed by atoms with Crippen LogP contribution in [0.15, 0.2) is 18.3 Å². The number of hydrogen-bond donors (Lipinski definition) is 1. The molecule has 1 atom stereocenters.